The summed E-state index contributed by atoms with van der Waals surface area (Å²) in [6, 6.07) is 12.8. The van der Waals surface area contributed by atoms with Gasteiger partial charge in [0.05, 0.1) is 5.01 Å². The van der Waals surface area contributed by atoms with Gasteiger partial charge in [0.15, 0.2) is 5.76 Å². The highest BCUT2D eigenvalue weighted by Crippen LogP contribution is 2.31. The van der Waals surface area contributed by atoms with Gasteiger partial charge in [-0.2, -0.15) is 0 Å². The summed E-state index contributed by atoms with van der Waals surface area (Å²) in [7, 11) is 1.75. The number of furan rings is 1. The zero-order valence-corrected chi connectivity index (χ0v) is 19.3. The molecule has 1 saturated heterocycles. The maximum Gasteiger partial charge on any atom is 0.289 e. The lowest BCUT2D eigenvalue weighted by molar-refractivity contribution is 0.0683. The SMILES string of the molecule is Cn1cccc1C(=O)NNC(=O)c1csc(C2CCN(C(=O)c3cc4ccccc4o3)CC2)n1. The van der Waals surface area contributed by atoms with E-state index in [2.05, 4.69) is 15.8 Å². The van der Waals surface area contributed by atoms with E-state index in [1.165, 1.54) is 11.3 Å². The van der Waals surface area contributed by atoms with Gasteiger partial charge in [-0.15, -0.1) is 11.3 Å². The Morgan fingerprint density at radius 1 is 1.06 bits per heavy atom. The minimum absolute atomic E-state index is 0.109. The summed E-state index contributed by atoms with van der Waals surface area (Å²) < 4.78 is 7.38. The number of carbonyl (C=O) groups is 3. The van der Waals surface area contributed by atoms with Crippen molar-refractivity contribution in [3.63, 3.8) is 0 Å². The molecule has 0 bridgehead atoms. The number of hydrogen-bond donors (Lipinski definition) is 2. The number of piperidine rings is 1. The smallest absolute Gasteiger partial charge is 0.289 e. The third kappa shape index (κ3) is 4.32. The van der Waals surface area contributed by atoms with Crippen LogP contribution < -0.4 is 10.9 Å². The minimum atomic E-state index is -0.470. The second kappa shape index (κ2) is 9.14. The summed E-state index contributed by atoms with van der Waals surface area (Å²) in [6.07, 6.45) is 3.26. The Bertz CT molecular complexity index is 1330. The van der Waals surface area contributed by atoms with Gasteiger partial charge in [-0.05, 0) is 37.1 Å². The maximum absolute atomic E-state index is 12.9. The third-order valence-corrected chi connectivity index (χ3v) is 7.00. The molecule has 1 aromatic carbocycles. The molecule has 1 fully saturated rings. The van der Waals surface area contributed by atoms with Gasteiger partial charge in [0.2, 0.25) is 0 Å². The number of nitrogens with one attached hydrogen (secondary N) is 2. The molecule has 0 saturated carbocycles. The van der Waals surface area contributed by atoms with Crippen LogP contribution in [0.1, 0.15) is 55.3 Å². The van der Waals surface area contributed by atoms with Crippen LogP contribution in [0.3, 0.4) is 0 Å². The fourth-order valence-corrected chi connectivity index (χ4v) is 5.06. The van der Waals surface area contributed by atoms with E-state index in [1.807, 2.05) is 24.3 Å². The van der Waals surface area contributed by atoms with Gasteiger partial charge < -0.3 is 13.9 Å². The monoisotopic (exact) mass is 477 g/mol. The predicted octanol–water partition coefficient (Wildman–Crippen LogP) is 3.32. The second-order valence-corrected chi connectivity index (χ2v) is 9.09. The second-order valence-electron chi connectivity index (χ2n) is 8.20. The molecule has 3 amide bonds. The van der Waals surface area contributed by atoms with E-state index < -0.39 is 11.8 Å². The Morgan fingerprint density at radius 2 is 1.82 bits per heavy atom. The van der Waals surface area contributed by atoms with E-state index in [4.69, 9.17) is 4.42 Å². The van der Waals surface area contributed by atoms with Crippen molar-refractivity contribution in [1.29, 1.82) is 0 Å². The van der Waals surface area contributed by atoms with Gasteiger partial charge in [0, 0.05) is 43.0 Å². The third-order valence-electron chi connectivity index (χ3n) is 5.99. The van der Waals surface area contributed by atoms with Crippen LogP contribution in [-0.4, -0.2) is 45.3 Å². The summed E-state index contributed by atoms with van der Waals surface area (Å²) >= 11 is 1.42. The molecule has 0 spiro atoms. The van der Waals surface area contributed by atoms with Gasteiger partial charge in [-0.1, -0.05) is 18.2 Å². The van der Waals surface area contributed by atoms with Crippen molar-refractivity contribution < 1.29 is 18.8 Å². The molecule has 0 unspecified atom stereocenters. The lowest BCUT2D eigenvalue weighted by atomic mass is 9.97. The molecule has 10 heteroatoms. The number of benzene rings is 1. The Morgan fingerprint density at radius 3 is 2.56 bits per heavy atom. The highest BCUT2D eigenvalue weighted by atomic mass is 32.1. The van der Waals surface area contributed by atoms with Crippen LogP contribution in [0.4, 0.5) is 0 Å². The van der Waals surface area contributed by atoms with E-state index >= 15 is 0 Å². The van der Waals surface area contributed by atoms with E-state index in [0.29, 0.717) is 30.1 Å². The summed E-state index contributed by atoms with van der Waals surface area (Å²) in [5.74, 6) is -0.461. The molecular weight excluding hydrogens is 454 g/mol. The number of hydrogen-bond acceptors (Lipinski definition) is 6. The molecule has 0 aliphatic carbocycles. The fraction of sp³-hybridized carbons (Fsp3) is 0.250. The van der Waals surface area contributed by atoms with Crippen molar-refractivity contribution in [1.82, 2.24) is 25.3 Å². The highest BCUT2D eigenvalue weighted by molar-refractivity contribution is 7.09. The maximum atomic E-state index is 12.9. The average molecular weight is 478 g/mol. The first kappa shape index (κ1) is 21.9. The van der Waals surface area contributed by atoms with Crippen LogP contribution in [0.15, 0.2) is 58.5 Å². The van der Waals surface area contributed by atoms with E-state index in [9.17, 15) is 14.4 Å². The number of aromatic nitrogens is 2. The normalized spacial score (nSPS) is 14.3. The topological polar surface area (TPSA) is 109 Å². The lowest BCUT2D eigenvalue weighted by Gasteiger charge is -2.30. The first-order valence-corrected chi connectivity index (χ1v) is 11.8. The number of thiazole rings is 1. The molecule has 3 aromatic heterocycles. The summed E-state index contributed by atoms with van der Waals surface area (Å²) in [5, 5.41) is 3.45. The number of para-hydroxylation sites is 1. The van der Waals surface area contributed by atoms with Crippen molar-refractivity contribution >= 4 is 40.0 Å². The molecule has 2 N–H and O–H groups in total. The minimum Gasteiger partial charge on any atom is -0.451 e. The van der Waals surface area contributed by atoms with Crippen LogP contribution in [-0.2, 0) is 7.05 Å². The average Bonchev–Trinajstić information content (AvgIpc) is 3.61. The molecular formula is C24H23N5O4S. The van der Waals surface area contributed by atoms with Crippen molar-refractivity contribution in [3.05, 3.63) is 76.2 Å². The van der Waals surface area contributed by atoms with Crippen LogP contribution in [0, 0.1) is 0 Å². The summed E-state index contributed by atoms with van der Waals surface area (Å²) in [4.78, 5) is 43.7. The molecule has 0 atom stereocenters. The van der Waals surface area contributed by atoms with Crippen molar-refractivity contribution in [2.45, 2.75) is 18.8 Å². The Kier molecular flexibility index (Phi) is 5.89. The van der Waals surface area contributed by atoms with Crippen LogP contribution >= 0.6 is 11.3 Å². The predicted molar refractivity (Wildman–Crippen MR) is 127 cm³/mol. The number of carbonyl (C=O) groups excluding carboxylic acids is 3. The quantitative estimate of drug-likeness (QED) is 0.438. The summed E-state index contributed by atoms with van der Waals surface area (Å²) in [6.45, 7) is 1.18. The van der Waals surface area contributed by atoms with E-state index in [-0.39, 0.29) is 17.5 Å². The Hall–Kier alpha value is -3.92. The number of hydrazine groups is 1. The van der Waals surface area contributed by atoms with Crippen LogP contribution in [0.5, 0.6) is 0 Å². The van der Waals surface area contributed by atoms with Crippen molar-refractivity contribution in [2.75, 3.05) is 13.1 Å². The fourth-order valence-electron chi connectivity index (χ4n) is 4.09. The molecule has 9 nitrogen and oxygen atoms in total. The van der Waals surface area contributed by atoms with Gasteiger partial charge in [0.25, 0.3) is 17.7 Å². The molecule has 0 radical (unpaired) electrons. The number of nitrogens with zero attached hydrogens (tertiary/aromatic N) is 3. The van der Waals surface area contributed by atoms with Crippen LogP contribution in [0.25, 0.3) is 11.0 Å². The number of amides is 3. The number of rotatable bonds is 4. The molecule has 5 rings (SSSR count). The first-order chi connectivity index (χ1) is 16.5. The zero-order valence-electron chi connectivity index (χ0n) is 18.5. The molecule has 34 heavy (non-hydrogen) atoms. The van der Waals surface area contributed by atoms with Gasteiger partial charge in [0.1, 0.15) is 17.0 Å². The molecule has 174 valence electrons. The Balaban J connectivity index is 1.15. The largest absolute Gasteiger partial charge is 0.451 e. The summed E-state index contributed by atoms with van der Waals surface area (Å²) in [5.41, 5.74) is 6.21. The van der Waals surface area contributed by atoms with Gasteiger partial charge in [-0.25, -0.2) is 4.98 Å². The number of fused-ring (bicyclic) bond motifs is 1. The van der Waals surface area contributed by atoms with Crippen molar-refractivity contribution in [2.24, 2.45) is 7.05 Å². The zero-order chi connectivity index (χ0) is 23.7. The van der Waals surface area contributed by atoms with Gasteiger partial charge in [-0.3, -0.25) is 25.2 Å². The van der Waals surface area contributed by atoms with Crippen LogP contribution in [0.2, 0.25) is 0 Å². The van der Waals surface area contributed by atoms with E-state index in [1.54, 1.807) is 46.3 Å². The molecule has 4 heterocycles. The molecule has 1 aliphatic rings. The standard InChI is InChI=1S/C24H23N5O4S/c1-28-10-4-6-18(28)22(31)27-26-21(30)17-14-34-23(25-17)15-8-11-29(12-9-15)24(32)20-13-16-5-2-3-7-19(16)33-20/h2-7,10,13-15H,8-9,11-12H2,1H3,(H,26,30)(H,27,31). The van der Waals surface area contributed by atoms with Crippen molar-refractivity contribution in [3.8, 4) is 0 Å². The molecule has 1 aliphatic heterocycles. The first-order valence-electron chi connectivity index (χ1n) is 10.9. The number of likely N-dealkylation sites (tertiary alicyclic amines) is 1. The highest BCUT2D eigenvalue weighted by Gasteiger charge is 2.28. The molecule has 4 aromatic rings. The number of aryl methyl sites for hydroxylation is 1. The van der Waals surface area contributed by atoms with E-state index in [0.717, 1.165) is 23.2 Å². The lowest BCUT2D eigenvalue weighted by Crippen LogP contribution is -2.42. The Labute approximate surface area is 199 Å². The van der Waals surface area contributed by atoms with Gasteiger partial charge >= 0.3 is 0 Å².